The van der Waals surface area contributed by atoms with Gasteiger partial charge in [-0.3, -0.25) is 9.79 Å². The van der Waals surface area contributed by atoms with Crippen molar-refractivity contribution in [2.75, 3.05) is 26.7 Å². The van der Waals surface area contributed by atoms with Crippen molar-refractivity contribution >= 4 is 11.9 Å². The summed E-state index contributed by atoms with van der Waals surface area (Å²) in [5.41, 5.74) is 1.41. The number of hydrogen-bond acceptors (Lipinski definition) is 2. The van der Waals surface area contributed by atoms with Crippen LogP contribution in [0.5, 0.6) is 0 Å². The average Bonchev–Trinajstić information content (AvgIpc) is 2.67. The monoisotopic (exact) mass is 358 g/mol. The number of likely N-dealkylation sites (tertiary alicyclic amines) is 1. The maximum Gasteiger partial charge on any atom is 0.222 e. The standard InChI is InChI=1S/C21H34N4O/c1-5-21(6-2,17-11-9-8-10-12-17)16-23-20(22-7-3)24-18-13-14-19(26)25(4)15-18/h8-12,18H,5-7,13-16H2,1-4H3,(H2,22,23,24). The lowest BCUT2D eigenvalue weighted by molar-refractivity contribution is -0.132. The molecule has 1 aliphatic rings. The summed E-state index contributed by atoms with van der Waals surface area (Å²) in [6, 6.07) is 11.0. The van der Waals surface area contributed by atoms with Gasteiger partial charge < -0.3 is 15.5 Å². The molecule has 5 nitrogen and oxygen atoms in total. The highest BCUT2D eigenvalue weighted by atomic mass is 16.2. The van der Waals surface area contributed by atoms with Gasteiger partial charge in [0.15, 0.2) is 5.96 Å². The third-order valence-corrected chi connectivity index (χ3v) is 5.59. The first-order chi connectivity index (χ1) is 12.5. The van der Waals surface area contributed by atoms with Gasteiger partial charge in [0.25, 0.3) is 0 Å². The number of nitrogens with one attached hydrogen (secondary N) is 2. The van der Waals surface area contributed by atoms with Crippen LogP contribution < -0.4 is 10.6 Å². The first kappa shape index (κ1) is 20.3. The molecule has 2 rings (SSSR count). The molecule has 144 valence electrons. The van der Waals surface area contributed by atoms with Gasteiger partial charge in [-0.15, -0.1) is 0 Å². The fourth-order valence-corrected chi connectivity index (χ4v) is 3.64. The summed E-state index contributed by atoms with van der Waals surface area (Å²) in [5.74, 6) is 1.08. The van der Waals surface area contributed by atoms with E-state index in [1.165, 1.54) is 5.56 Å². The fraction of sp³-hybridized carbons (Fsp3) is 0.619. The molecule has 1 unspecified atom stereocenters. The third kappa shape index (κ3) is 4.99. The second-order valence-corrected chi connectivity index (χ2v) is 7.20. The Morgan fingerprint density at radius 3 is 2.50 bits per heavy atom. The molecule has 0 bridgehead atoms. The molecule has 0 aliphatic carbocycles. The first-order valence-electron chi connectivity index (χ1n) is 9.89. The number of amides is 1. The highest BCUT2D eigenvalue weighted by Gasteiger charge is 2.29. The van der Waals surface area contributed by atoms with E-state index < -0.39 is 0 Å². The van der Waals surface area contributed by atoms with Gasteiger partial charge in [-0.25, -0.2) is 0 Å². The Hall–Kier alpha value is -2.04. The number of carbonyl (C=O) groups is 1. The van der Waals surface area contributed by atoms with Gasteiger partial charge in [-0.05, 0) is 31.7 Å². The topological polar surface area (TPSA) is 56.7 Å². The zero-order valence-electron chi connectivity index (χ0n) is 16.7. The number of hydrogen-bond donors (Lipinski definition) is 2. The predicted molar refractivity (Wildman–Crippen MR) is 108 cm³/mol. The van der Waals surface area contributed by atoms with E-state index in [9.17, 15) is 4.79 Å². The number of piperidine rings is 1. The van der Waals surface area contributed by atoms with Crippen LogP contribution in [-0.4, -0.2) is 49.5 Å². The van der Waals surface area contributed by atoms with Gasteiger partial charge in [0.2, 0.25) is 5.91 Å². The number of nitrogens with zero attached hydrogens (tertiary/aromatic N) is 2. The molecule has 1 fully saturated rings. The van der Waals surface area contributed by atoms with Crippen molar-refractivity contribution in [1.29, 1.82) is 0 Å². The van der Waals surface area contributed by atoms with E-state index in [0.29, 0.717) is 6.42 Å². The smallest absolute Gasteiger partial charge is 0.222 e. The van der Waals surface area contributed by atoms with Gasteiger partial charge in [0.1, 0.15) is 0 Å². The second-order valence-electron chi connectivity index (χ2n) is 7.20. The van der Waals surface area contributed by atoms with E-state index in [4.69, 9.17) is 4.99 Å². The maximum absolute atomic E-state index is 11.7. The molecule has 5 heteroatoms. The highest BCUT2D eigenvalue weighted by molar-refractivity contribution is 5.81. The SMILES string of the molecule is CCNC(=NCC(CC)(CC)c1ccccc1)NC1CCC(=O)N(C)C1. The minimum absolute atomic E-state index is 0.0585. The molecule has 1 aromatic carbocycles. The van der Waals surface area contributed by atoms with E-state index >= 15 is 0 Å². The zero-order valence-corrected chi connectivity index (χ0v) is 16.7. The number of rotatable bonds is 7. The summed E-state index contributed by atoms with van der Waals surface area (Å²) in [6.07, 6.45) is 3.57. The molecular formula is C21H34N4O. The lowest BCUT2D eigenvalue weighted by Gasteiger charge is -2.33. The Labute approximate surface area is 158 Å². The van der Waals surface area contributed by atoms with Crippen molar-refractivity contribution in [2.24, 2.45) is 4.99 Å². The number of aliphatic imine (C=N–C) groups is 1. The van der Waals surface area contributed by atoms with Gasteiger partial charge in [0.05, 0.1) is 6.54 Å². The Kier molecular flexibility index (Phi) is 7.49. The molecule has 26 heavy (non-hydrogen) atoms. The molecular weight excluding hydrogens is 324 g/mol. The van der Waals surface area contributed by atoms with Crippen LogP contribution in [0.3, 0.4) is 0 Å². The molecule has 1 aromatic rings. The van der Waals surface area contributed by atoms with Crippen LogP contribution >= 0.6 is 0 Å². The molecule has 2 N–H and O–H groups in total. The number of likely N-dealkylation sites (N-methyl/N-ethyl adjacent to an activating group) is 1. The van der Waals surface area contributed by atoms with Crippen LogP contribution in [0.4, 0.5) is 0 Å². The molecule has 1 amide bonds. The summed E-state index contributed by atoms with van der Waals surface area (Å²) in [4.78, 5) is 18.4. The van der Waals surface area contributed by atoms with Crippen LogP contribution in [0.15, 0.2) is 35.3 Å². The summed E-state index contributed by atoms with van der Waals surface area (Å²) in [6.45, 7) is 8.87. The molecule has 0 radical (unpaired) electrons. The summed E-state index contributed by atoms with van der Waals surface area (Å²) >= 11 is 0. The van der Waals surface area contributed by atoms with Crippen molar-refractivity contribution < 1.29 is 4.79 Å². The van der Waals surface area contributed by atoms with E-state index in [1.54, 1.807) is 4.90 Å². The third-order valence-electron chi connectivity index (χ3n) is 5.59. The van der Waals surface area contributed by atoms with Crippen molar-refractivity contribution in [2.45, 2.75) is 57.9 Å². The largest absolute Gasteiger partial charge is 0.357 e. The molecule has 0 aromatic heterocycles. The van der Waals surface area contributed by atoms with Crippen molar-refractivity contribution in [3.63, 3.8) is 0 Å². The van der Waals surface area contributed by atoms with Crippen molar-refractivity contribution in [1.82, 2.24) is 15.5 Å². The fourth-order valence-electron chi connectivity index (χ4n) is 3.64. The van der Waals surface area contributed by atoms with E-state index in [-0.39, 0.29) is 17.4 Å². The van der Waals surface area contributed by atoms with Crippen LogP contribution in [0.1, 0.15) is 52.0 Å². The zero-order chi connectivity index (χ0) is 19.0. The Balaban J connectivity index is 2.12. The lowest BCUT2D eigenvalue weighted by Crippen LogP contribution is -2.52. The van der Waals surface area contributed by atoms with Crippen LogP contribution in [0.25, 0.3) is 0 Å². The highest BCUT2D eigenvalue weighted by Crippen LogP contribution is 2.31. The number of benzene rings is 1. The maximum atomic E-state index is 11.7. The van der Waals surface area contributed by atoms with E-state index in [1.807, 2.05) is 7.05 Å². The van der Waals surface area contributed by atoms with Crippen LogP contribution in [0, 0.1) is 0 Å². The van der Waals surface area contributed by atoms with Crippen LogP contribution in [-0.2, 0) is 10.2 Å². The predicted octanol–water partition coefficient (Wildman–Crippen LogP) is 2.92. The Morgan fingerprint density at radius 1 is 1.23 bits per heavy atom. The Bertz CT molecular complexity index is 595. The minimum atomic E-state index is 0.0585. The lowest BCUT2D eigenvalue weighted by atomic mass is 9.76. The molecule has 1 heterocycles. The first-order valence-corrected chi connectivity index (χ1v) is 9.89. The van der Waals surface area contributed by atoms with E-state index in [0.717, 1.165) is 44.9 Å². The molecule has 1 aliphatic heterocycles. The second kappa shape index (κ2) is 9.60. The molecule has 1 saturated heterocycles. The van der Waals surface area contributed by atoms with E-state index in [2.05, 4.69) is 61.7 Å². The molecule has 0 spiro atoms. The minimum Gasteiger partial charge on any atom is -0.357 e. The van der Waals surface area contributed by atoms with Gasteiger partial charge in [0, 0.05) is 38.0 Å². The van der Waals surface area contributed by atoms with Gasteiger partial charge >= 0.3 is 0 Å². The van der Waals surface area contributed by atoms with Crippen molar-refractivity contribution in [3.8, 4) is 0 Å². The summed E-state index contributed by atoms with van der Waals surface area (Å²) < 4.78 is 0. The van der Waals surface area contributed by atoms with Gasteiger partial charge in [-0.1, -0.05) is 44.2 Å². The number of carbonyl (C=O) groups excluding carboxylic acids is 1. The summed E-state index contributed by atoms with van der Waals surface area (Å²) in [7, 11) is 1.87. The Morgan fingerprint density at radius 2 is 1.92 bits per heavy atom. The summed E-state index contributed by atoms with van der Waals surface area (Å²) in [5, 5.41) is 6.89. The molecule has 0 saturated carbocycles. The quantitative estimate of drug-likeness (QED) is 0.582. The number of guanidine groups is 1. The average molecular weight is 359 g/mol. The molecule has 1 atom stereocenters. The van der Waals surface area contributed by atoms with Crippen molar-refractivity contribution in [3.05, 3.63) is 35.9 Å². The van der Waals surface area contributed by atoms with Crippen LogP contribution in [0.2, 0.25) is 0 Å². The van der Waals surface area contributed by atoms with Gasteiger partial charge in [-0.2, -0.15) is 0 Å². The normalized spacial score (nSPS) is 18.8.